The van der Waals surface area contributed by atoms with Gasteiger partial charge in [0, 0.05) is 6.54 Å². The van der Waals surface area contributed by atoms with Crippen molar-refractivity contribution in [3.05, 3.63) is 71.5 Å². The number of hydrogen-bond donors (Lipinski definition) is 1. The lowest BCUT2D eigenvalue weighted by Gasteiger charge is -2.05. The third-order valence-electron chi connectivity index (χ3n) is 3.58. The summed E-state index contributed by atoms with van der Waals surface area (Å²) in [6.45, 7) is 0.362. The molecule has 0 amide bonds. The van der Waals surface area contributed by atoms with Crippen LogP contribution in [0.15, 0.2) is 52.9 Å². The minimum atomic E-state index is -0.475. The zero-order valence-electron chi connectivity index (χ0n) is 14.0. The van der Waals surface area contributed by atoms with E-state index >= 15 is 0 Å². The Balaban J connectivity index is 1.64. The van der Waals surface area contributed by atoms with Crippen molar-refractivity contribution in [3.8, 4) is 17.6 Å². The number of oxazole rings is 1. The van der Waals surface area contributed by atoms with Gasteiger partial charge in [-0.05, 0) is 29.8 Å². The van der Waals surface area contributed by atoms with Crippen LogP contribution in [0, 0.1) is 17.1 Å². The van der Waals surface area contributed by atoms with Gasteiger partial charge in [0.05, 0.1) is 7.11 Å². The first-order chi connectivity index (χ1) is 12.7. The SMILES string of the molecule is COc1ccc(CNc2oc(COc3ccccc3F)nc2C#N)cc1. The molecule has 1 aromatic heterocycles. The molecule has 0 saturated heterocycles. The fourth-order valence-electron chi connectivity index (χ4n) is 2.25. The molecule has 132 valence electrons. The van der Waals surface area contributed by atoms with Crippen molar-refractivity contribution >= 4 is 5.88 Å². The molecule has 0 aliphatic carbocycles. The lowest BCUT2D eigenvalue weighted by Crippen LogP contribution is -1.99. The zero-order valence-corrected chi connectivity index (χ0v) is 14.0. The van der Waals surface area contributed by atoms with Gasteiger partial charge in [-0.15, -0.1) is 0 Å². The van der Waals surface area contributed by atoms with Gasteiger partial charge in [-0.1, -0.05) is 24.3 Å². The number of rotatable bonds is 7. The smallest absolute Gasteiger partial charge is 0.236 e. The number of anilines is 1. The number of nitrogens with one attached hydrogen (secondary N) is 1. The third-order valence-corrected chi connectivity index (χ3v) is 3.58. The molecule has 26 heavy (non-hydrogen) atoms. The van der Waals surface area contributed by atoms with Gasteiger partial charge in [-0.25, -0.2) is 4.39 Å². The first-order valence-corrected chi connectivity index (χ1v) is 7.83. The monoisotopic (exact) mass is 353 g/mol. The molecule has 0 unspecified atom stereocenters. The summed E-state index contributed by atoms with van der Waals surface area (Å²) in [6, 6.07) is 15.5. The lowest BCUT2D eigenvalue weighted by molar-refractivity contribution is 0.253. The van der Waals surface area contributed by atoms with Gasteiger partial charge in [0.25, 0.3) is 0 Å². The van der Waals surface area contributed by atoms with E-state index in [0.29, 0.717) is 6.54 Å². The number of para-hydroxylation sites is 1. The van der Waals surface area contributed by atoms with Gasteiger partial charge in [-0.2, -0.15) is 10.2 Å². The van der Waals surface area contributed by atoms with Crippen LogP contribution in [0.5, 0.6) is 11.5 Å². The van der Waals surface area contributed by atoms with Crippen LogP contribution in [0.1, 0.15) is 17.1 Å². The fourth-order valence-corrected chi connectivity index (χ4v) is 2.25. The van der Waals surface area contributed by atoms with Crippen LogP contribution in [0.3, 0.4) is 0 Å². The maximum Gasteiger partial charge on any atom is 0.236 e. The average Bonchev–Trinajstić information content (AvgIpc) is 3.08. The largest absolute Gasteiger partial charge is 0.497 e. The van der Waals surface area contributed by atoms with Gasteiger partial charge in [-0.3, -0.25) is 0 Å². The summed E-state index contributed by atoms with van der Waals surface area (Å²) < 4.78 is 29.5. The predicted molar refractivity (Wildman–Crippen MR) is 92.3 cm³/mol. The van der Waals surface area contributed by atoms with E-state index in [1.165, 1.54) is 12.1 Å². The molecule has 1 heterocycles. The maximum absolute atomic E-state index is 13.6. The topological polar surface area (TPSA) is 80.3 Å². The number of benzene rings is 2. The summed E-state index contributed by atoms with van der Waals surface area (Å²) in [5.41, 5.74) is 1.10. The predicted octanol–water partition coefficient (Wildman–Crippen LogP) is 3.89. The molecular formula is C19H16FN3O3. The highest BCUT2D eigenvalue weighted by atomic mass is 19.1. The molecule has 0 spiro atoms. The van der Waals surface area contributed by atoms with E-state index < -0.39 is 5.82 Å². The standard InChI is InChI=1S/C19H16FN3O3/c1-24-14-8-6-13(7-9-14)11-22-19-16(10-21)23-18(26-19)12-25-17-5-3-2-4-15(17)20/h2-9,22H,11-12H2,1H3. The van der Waals surface area contributed by atoms with Crippen molar-refractivity contribution in [3.63, 3.8) is 0 Å². The van der Waals surface area contributed by atoms with Crippen molar-refractivity contribution < 1.29 is 18.3 Å². The summed E-state index contributed by atoms with van der Waals surface area (Å²) in [5, 5.41) is 12.2. The number of ether oxygens (including phenoxy) is 2. The molecule has 0 bridgehead atoms. The fraction of sp³-hybridized carbons (Fsp3) is 0.158. The first-order valence-electron chi connectivity index (χ1n) is 7.83. The van der Waals surface area contributed by atoms with Crippen LogP contribution >= 0.6 is 0 Å². The van der Waals surface area contributed by atoms with Crippen LogP contribution in [-0.2, 0) is 13.2 Å². The minimum Gasteiger partial charge on any atom is -0.497 e. The maximum atomic E-state index is 13.6. The molecule has 6 nitrogen and oxygen atoms in total. The Hall–Kier alpha value is -3.53. The number of methoxy groups -OCH3 is 1. The molecule has 0 atom stereocenters. The molecule has 0 radical (unpaired) electrons. The molecule has 3 rings (SSSR count). The molecule has 0 fully saturated rings. The van der Waals surface area contributed by atoms with E-state index in [0.717, 1.165) is 11.3 Å². The minimum absolute atomic E-state index is 0.0835. The van der Waals surface area contributed by atoms with Gasteiger partial charge >= 0.3 is 0 Å². The summed E-state index contributed by atoms with van der Waals surface area (Å²) in [5.74, 6) is 0.811. The number of hydrogen-bond acceptors (Lipinski definition) is 6. The Kier molecular flexibility index (Phi) is 5.34. The van der Waals surface area contributed by atoms with E-state index in [1.54, 1.807) is 19.2 Å². The van der Waals surface area contributed by atoms with Crippen LogP contribution in [0.25, 0.3) is 0 Å². The van der Waals surface area contributed by atoms with Gasteiger partial charge < -0.3 is 19.2 Å². The van der Waals surface area contributed by atoms with E-state index in [2.05, 4.69) is 10.3 Å². The highest BCUT2D eigenvalue weighted by Gasteiger charge is 2.14. The second kappa shape index (κ2) is 8.03. The van der Waals surface area contributed by atoms with Crippen LogP contribution in [-0.4, -0.2) is 12.1 Å². The van der Waals surface area contributed by atoms with Gasteiger partial charge in [0.1, 0.15) is 11.8 Å². The Labute approximate surface area is 149 Å². The Morgan fingerprint density at radius 3 is 2.65 bits per heavy atom. The normalized spacial score (nSPS) is 10.2. The van der Waals surface area contributed by atoms with Crippen molar-refractivity contribution in [2.75, 3.05) is 12.4 Å². The third kappa shape index (κ3) is 4.11. The van der Waals surface area contributed by atoms with Crippen LogP contribution in [0.2, 0.25) is 0 Å². The molecule has 7 heteroatoms. The van der Waals surface area contributed by atoms with E-state index in [-0.39, 0.29) is 29.8 Å². The molecule has 0 saturated carbocycles. The summed E-state index contributed by atoms with van der Waals surface area (Å²) in [7, 11) is 1.60. The van der Waals surface area contributed by atoms with Crippen molar-refractivity contribution in [1.82, 2.24) is 4.98 Å². The number of halogens is 1. The number of nitriles is 1. The van der Waals surface area contributed by atoms with Crippen molar-refractivity contribution in [2.24, 2.45) is 0 Å². The number of aromatic nitrogens is 1. The second-order valence-electron chi connectivity index (χ2n) is 5.32. The summed E-state index contributed by atoms with van der Waals surface area (Å²) in [6.07, 6.45) is 0. The van der Waals surface area contributed by atoms with Crippen LogP contribution in [0.4, 0.5) is 10.3 Å². The van der Waals surface area contributed by atoms with Gasteiger partial charge in [0.15, 0.2) is 18.2 Å². The zero-order chi connectivity index (χ0) is 18.4. The molecule has 1 N–H and O–H groups in total. The lowest BCUT2D eigenvalue weighted by atomic mass is 10.2. The first kappa shape index (κ1) is 17.3. The van der Waals surface area contributed by atoms with E-state index in [9.17, 15) is 9.65 Å². The van der Waals surface area contributed by atoms with E-state index in [1.807, 2.05) is 30.3 Å². The number of nitrogens with zero attached hydrogens (tertiary/aromatic N) is 2. The second-order valence-corrected chi connectivity index (χ2v) is 5.32. The summed E-state index contributed by atoms with van der Waals surface area (Å²) >= 11 is 0. The highest BCUT2D eigenvalue weighted by molar-refractivity contribution is 5.46. The highest BCUT2D eigenvalue weighted by Crippen LogP contribution is 2.21. The quantitative estimate of drug-likeness (QED) is 0.694. The van der Waals surface area contributed by atoms with Crippen molar-refractivity contribution in [1.29, 1.82) is 5.26 Å². The Morgan fingerprint density at radius 2 is 1.96 bits per heavy atom. The molecule has 3 aromatic rings. The Morgan fingerprint density at radius 1 is 1.19 bits per heavy atom. The van der Waals surface area contributed by atoms with Gasteiger partial charge in [0.2, 0.25) is 17.5 Å². The van der Waals surface area contributed by atoms with E-state index in [4.69, 9.17) is 13.9 Å². The Bertz CT molecular complexity index is 917. The average molecular weight is 353 g/mol. The molecule has 0 aliphatic rings. The molecule has 2 aromatic carbocycles. The molecular weight excluding hydrogens is 337 g/mol. The van der Waals surface area contributed by atoms with Crippen molar-refractivity contribution in [2.45, 2.75) is 13.2 Å². The van der Waals surface area contributed by atoms with Crippen LogP contribution < -0.4 is 14.8 Å². The summed E-state index contributed by atoms with van der Waals surface area (Å²) in [4.78, 5) is 4.06. The molecule has 0 aliphatic heterocycles.